The van der Waals surface area contributed by atoms with Crippen molar-refractivity contribution in [3.63, 3.8) is 0 Å². The van der Waals surface area contributed by atoms with Gasteiger partial charge in [0.05, 0.1) is 16.4 Å². The third-order valence-corrected chi connectivity index (χ3v) is 5.64. The number of aromatic nitrogens is 1. The summed E-state index contributed by atoms with van der Waals surface area (Å²) in [5.41, 5.74) is 5.40. The molecule has 2 nitrogen and oxygen atoms in total. The normalized spacial score (nSPS) is 11.6. The predicted molar refractivity (Wildman–Crippen MR) is 113 cm³/mol. The molecule has 0 atom stereocenters. The van der Waals surface area contributed by atoms with Crippen LogP contribution in [0.5, 0.6) is 0 Å². The van der Waals surface area contributed by atoms with Gasteiger partial charge in [0.2, 0.25) is 0 Å². The third-order valence-electron chi connectivity index (χ3n) is 5.00. The third kappa shape index (κ3) is 1.98. The van der Waals surface area contributed by atoms with Gasteiger partial charge in [0, 0.05) is 26.5 Å². The molecule has 0 aliphatic heterocycles. The van der Waals surface area contributed by atoms with Gasteiger partial charge in [-0.3, -0.25) is 0 Å². The Hall–Kier alpha value is -2.78. The summed E-state index contributed by atoms with van der Waals surface area (Å²) in [6, 6.07) is 21.1. The van der Waals surface area contributed by atoms with Gasteiger partial charge in [-0.2, -0.15) is 0 Å². The van der Waals surface area contributed by atoms with Gasteiger partial charge >= 0.3 is 0 Å². The largest absolute Gasteiger partial charge is 0.460 e. The average Bonchev–Trinajstić information content (AvgIpc) is 3.17. The molecule has 26 heavy (non-hydrogen) atoms. The lowest BCUT2D eigenvalue weighted by Gasteiger charge is -2.08. The fourth-order valence-electron chi connectivity index (χ4n) is 3.90. The Kier molecular flexibility index (Phi) is 3.34. The summed E-state index contributed by atoms with van der Waals surface area (Å²) in [5, 5.41) is 3.42. The minimum Gasteiger partial charge on any atom is -0.460 e. The summed E-state index contributed by atoms with van der Waals surface area (Å²) in [6.07, 6.45) is 1.87. The van der Waals surface area contributed by atoms with Crippen LogP contribution in [0.1, 0.15) is 11.3 Å². The number of para-hydroxylation sites is 2. The van der Waals surface area contributed by atoms with Gasteiger partial charge in [-0.25, -0.2) is 0 Å². The van der Waals surface area contributed by atoms with Crippen LogP contribution in [0.4, 0.5) is 0 Å². The van der Waals surface area contributed by atoms with Gasteiger partial charge < -0.3 is 8.98 Å². The van der Waals surface area contributed by atoms with E-state index in [1.54, 1.807) is 0 Å². The van der Waals surface area contributed by atoms with Crippen LogP contribution in [0, 0.1) is 6.92 Å². The Morgan fingerprint density at radius 2 is 1.77 bits per heavy atom. The van der Waals surface area contributed by atoms with Crippen LogP contribution in [0.15, 0.2) is 76.1 Å². The van der Waals surface area contributed by atoms with E-state index in [0.717, 1.165) is 48.9 Å². The maximum Gasteiger partial charge on any atom is 0.144 e. The van der Waals surface area contributed by atoms with Crippen LogP contribution in [-0.2, 0) is 0 Å². The molecule has 0 N–H and O–H groups in total. The first-order valence-corrected chi connectivity index (χ1v) is 9.32. The lowest BCUT2D eigenvalue weighted by Crippen LogP contribution is -1.93. The SMILES string of the molecule is C=Cc1c(C)oc2c1ccc1c2c2cccc(Br)c2n1-c1ccccc1. The van der Waals surface area contributed by atoms with E-state index in [1.807, 2.05) is 19.1 Å². The van der Waals surface area contributed by atoms with Crippen LogP contribution in [0.3, 0.4) is 0 Å². The van der Waals surface area contributed by atoms with Crippen LogP contribution < -0.4 is 0 Å². The first-order chi connectivity index (χ1) is 12.7. The quantitative estimate of drug-likeness (QED) is 0.304. The molecule has 3 aromatic carbocycles. The first kappa shape index (κ1) is 15.5. The molecule has 2 heterocycles. The maximum atomic E-state index is 6.20. The molecule has 126 valence electrons. The molecule has 2 aromatic heterocycles. The van der Waals surface area contributed by atoms with Crippen molar-refractivity contribution in [2.24, 2.45) is 0 Å². The monoisotopic (exact) mass is 401 g/mol. The number of aryl methyl sites for hydroxylation is 1. The second kappa shape index (κ2) is 5.61. The summed E-state index contributed by atoms with van der Waals surface area (Å²) in [5.74, 6) is 0.901. The number of fused-ring (bicyclic) bond motifs is 5. The highest BCUT2D eigenvalue weighted by atomic mass is 79.9. The second-order valence-corrected chi connectivity index (χ2v) is 7.27. The lowest BCUT2D eigenvalue weighted by atomic mass is 10.1. The molecule has 0 bridgehead atoms. The molecule has 3 heteroatoms. The van der Waals surface area contributed by atoms with Gasteiger partial charge in [-0.1, -0.05) is 43.0 Å². The minimum atomic E-state index is 0.901. The van der Waals surface area contributed by atoms with Crippen molar-refractivity contribution in [2.75, 3.05) is 0 Å². The van der Waals surface area contributed by atoms with Crippen LogP contribution in [0.2, 0.25) is 0 Å². The smallest absolute Gasteiger partial charge is 0.144 e. The van der Waals surface area contributed by atoms with Gasteiger partial charge in [-0.15, -0.1) is 0 Å². The molecule has 0 fully saturated rings. The number of hydrogen-bond donors (Lipinski definition) is 0. The number of furan rings is 1. The topological polar surface area (TPSA) is 18.1 Å². The van der Waals surface area contributed by atoms with E-state index >= 15 is 0 Å². The van der Waals surface area contributed by atoms with Crippen molar-refractivity contribution in [1.29, 1.82) is 0 Å². The zero-order chi connectivity index (χ0) is 17.8. The average molecular weight is 402 g/mol. The molecule has 5 rings (SSSR count). The molecule has 0 unspecified atom stereocenters. The van der Waals surface area contributed by atoms with E-state index in [2.05, 4.69) is 81.7 Å². The molecular formula is C23H16BrNO. The summed E-state index contributed by atoms with van der Waals surface area (Å²) >= 11 is 3.75. The fraction of sp³-hybridized carbons (Fsp3) is 0.0435. The van der Waals surface area contributed by atoms with Crippen molar-refractivity contribution in [1.82, 2.24) is 4.57 Å². The molecule has 0 amide bonds. The Morgan fingerprint density at radius 1 is 0.962 bits per heavy atom. The zero-order valence-electron chi connectivity index (χ0n) is 14.3. The van der Waals surface area contributed by atoms with Gasteiger partial charge in [0.25, 0.3) is 0 Å². The molecule has 0 saturated carbocycles. The van der Waals surface area contributed by atoms with E-state index in [4.69, 9.17) is 4.42 Å². The van der Waals surface area contributed by atoms with Gasteiger partial charge in [0.15, 0.2) is 0 Å². The summed E-state index contributed by atoms with van der Waals surface area (Å²) in [7, 11) is 0. The van der Waals surface area contributed by atoms with Crippen molar-refractivity contribution in [3.05, 3.63) is 83.0 Å². The van der Waals surface area contributed by atoms with Crippen molar-refractivity contribution >= 4 is 54.8 Å². The highest BCUT2D eigenvalue weighted by molar-refractivity contribution is 9.10. The highest BCUT2D eigenvalue weighted by Gasteiger charge is 2.20. The Morgan fingerprint density at radius 3 is 2.54 bits per heavy atom. The van der Waals surface area contributed by atoms with E-state index in [9.17, 15) is 0 Å². The maximum absolute atomic E-state index is 6.20. The van der Waals surface area contributed by atoms with E-state index < -0.39 is 0 Å². The molecule has 0 spiro atoms. The van der Waals surface area contributed by atoms with E-state index in [-0.39, 0.29) is 0 Å². The second-order valence-electron chi connectivity index (χ2n) is 6.42. The lowest BCUT2D eigenvalue weighted by molar-refractivity contribution is 0.580. The number of benzene rings is 3. The van der Waals surface area contributed by atoms with Crippen molar-refractivity contribution in [3.8, 4) is 5.69 Å². The van der Waals surface area contributed by atoms with Crippen LogP contribution in [-0.4, -0.2) is 4.57 Å². The first-order valence-electron chi connectivity index (χ1n) is 8.53. The molecule has 0 aliphatic rings. The standard InChI is InChI=1S/C23H16BrNO/c1-3-16-14(2)26-23-17(16)12-13-20-21(23)18-10-7-11-19(24)22(18)25(20)15-8-5-4-6-9-15/h3-13H,1H2,2H3. The zero-order valence-corrected chi connectivity index (χ0v) is 15.9. The van der Waals surface area contributed by atoms with Crippen LogP contribution in [0.25, 0.3) is 44.5 Å². The van der Waals surface area contributed by atoms with E-state index in [1.165, 1.54) is 5.39 Å². The molecule has 0 radical (unpaired) electrons. The van der Waals surface area contributed by atoms with Crippen LogP contribution >= 0.6 is 15.9 Å². The highest BCUT2D eigenvalue weighted by Crippen LogP contribution is 2.41. The Labute approximate surface area is 159 Å². The minimum absolute atomic E-state index is 0.901. The predicted octanol–water partition coefficient (Wildman–Crippen LogP) is 7.24. The fourth-order valence-corrected chi connectivity index (χ4v) is 4.44. The van der Waals surface area contributed by atoms with Crippen molar-refractivity contribution < 1.29 is 4.42 Å². The summed E-state index contributed by atoms with van der Waals surface area (Å²) in [4.78, 5) is 0. The Bertz CT molecular complexity index is 1310. The van der Waals surface area contributed by atoms with Crippen molar-refractivity contribution in [2.45, 2.75) is 6.92 Å². The number of halogens is 1. The number of rotatable bonds is 2. The Balaban J connectivity index is 2.08. The molecule has 5 aromatic rings. The number of hydrogen-bond acceptors (Lipinski definition) is 1. The molecular weight excluding hydrogens is 386 g/mol. The summed E-state index contributed by atoms with van der Waals surface area (Å²) in [6.45, 7) is 5.95. The van der Waals surface area contributed by atoms with Gasteiger partial charge in [-0.05, 0) is 53.2 Å². The van der Waals surface area contributed by atoms with Gasteiger partial charge in [0.1, 0.15) is 11.3 Å². The van der Waals surface area contributed by atoms with E-state index in [0.29, 0.717) is 0 Å². The summed E-state index contributed by atoms with van der Waals surface area (Å²) < 4.78 is 9.56. The number of nitrogens with zero attached hydrogens (tertiary/aromatic N) is 1. The molecule has 0 saturated heterocycles. The molecule has 0 aliphatic carbocycles.